The van der Waals surface area contributed by atoms with Crippen molar-refractivity contribution in [3.63, 3.8) is 0 Å². The summed E-state index contributed by atoms with van der Waals surface area (Å²) in [5, 5.41) is 16.5. The number of carbonyl (C=O) groups excluding carboxylic acids is 1. The van der Waals surface area contributed by atoms with Crippen LogP contribution in [0.2, 0.25) is 0 Å². The number of rotatable bonds is 8. The maximum absolute atomic E-state index is 12.6. The molecule has 0 fully saturated rings. The van der Waals surface area contributed by atoms with Crippen molar-refractivity contribution >= 4 is 35.1 Å². The van der Waals surface area contributed by atoms with Gasteiger partial charge >= 0.3 is 6.18 Å². The highest BCUT2D eigenvalue weighted by molar-refractivity contribution is 6.03. The first-order valence-electron chi connectivity index (χ1n) is 10.7. The van der Waals surface area contributed by atoms with E-state index in [9.17, 15) is 18.0 Å². The predicted octanol–water partition coefficient (Wildman–Crippen LogP) is 6.05. The number of nitrogens with one attached hydrogen (secondary N) is 4. The maximum atomic E-state index is 12.6. The number of amidine groups is 1. The summed E-state index contributed by atoms with van der Waals surface area (Å²) in [6, 6.07) is 16.5. The van der Waals surface area contributed by atoms with Crippen LogP contribution in [0.5, 0.6) is 5.75 Å². The molecule has 3 aromatic carbocycles. The number of benzene rings is 3. The highest BCUT2D eigenvalue weighted by Crippen LogP contribution is 2.29. The molecule has 0 unspecified atom stereocenters. The zero-order valence-electron chi connectivity index (χ0n) is 19.5. The highest BCUT2D eigenvalue weighted by Gasteiger charge is 2.29. The highest BCUT2D eigenvalue weighted by atomic mass is 19.4. The van der Waals surface area contributed by atoms with E-state index in [0.717, 1.165) is 29.1 Å². The van der Waals surface area contributed by atoms with Gasteiger partial charge in [0.15, 0.2) is 5.84 Å². The van der Waals surface area contributed by atoms with Gasteiger partial charge in [0.25, 0.3) is 0 Å². The van der Waals surface area contributed by atoms with Gasteiger partial charge in [-0.2, -0.15) is 13.2 Å². The third-order valence-corrected chi connectivity index (χ3v) is 4.97. The number of carbonyl (C=O) groups is 1. The second-order valence-corrected chi connectivity index (χ2v) is 7.55. The zero-order valence-corrected chi connectivity index (χ0v) is 19.5. The summed E-state index contributed by atoms with van der Waals surface area (Å²) >= 11 is 0. The topological polar surface area (TPSA) is 98.6 Å². The van der Waals surface area contributed by atoms with E-state index in [2.05, 4.69) is 20.9 Å². The molecule has 0 aromatic heterocycles. The van der Waals surface area contributed by atoms with Gasteiger partial charge in [-0.3, -0.25) is 10.2 Å². The molecule has 10 heteroatoms. The number of hydrogen-bond donors (Lipinski definition) is 4. The molecule has 0 radical (unpaired) electrons. The van der Waals surface area contributed by atoms with Gasteiger partial charge in [-0.05, 0) is 79.2 Å². The van der Waals surface area contributed by atoms with E-state index in [1.54, 1.807) is 31.4 Å². The lowest BCUT2D eigenvalue weighted by atomic mass is 10.2. The molecule has 0 saturated heterocycles. The van der Waals surface area contributed by atoms with Crippen LogP contribution in [0.25, 0.3) is 0 Å². The van der Waals surface area contributed by atoms with Crippen molar-refractivity contribution in [2.24, 2.45) is 4.99 Å². The second kappa shape index (κ2) is 11.7. The molecule has 3 rings (SSSR count). The van der Waals surface area contributed by atoms with Gasteiger partial charge in [-0.15, -0.1) is 0 Å². The maximum Gasteiger partial charge on any atom is 0.416 e. The Labute approximate surface area is 206 Å². The van der Waals surface area contributed by atoms with Crippen molar-refractivity contribution in [2.75, 3.05) is 23.1 Å². The number of hydrogen-bond acceptors (Lipinski definition) is 4. The first-order chi connectivity index (χ1) is 17.2. The molecule has 7 nitrogen and oxygen atoms in total. The molecule has 0 spiro atoms. The van der Waals surface area contributed by atoms with Crippen molar-refractivity contribution < 1.29 is 22.7 Å². The largest absolute Gasteiger partial charge is 0.497 e. The van der Waals surface area contributed by atoms with Crippen molar-refractivity contribution in [1.29, 1.82) is 5.41 Å². The molecule has 0 bridgehead atoms. The van der Waals surface area contributed by atoms with Crippen molar-refractivity contribution in [3.05, 3.63) is 95.7 Å². The molecule has 36 heavy (non-hydrogen) atoms. The van der Waals surface area contributed by atoms with Gasteiger partial charge in [0.1, 0.15) is 5.75 Å². The Kier molecular flexibility index (Phi) is 8.45. The fourth-order valence-electron chi connectivity index (χ4n) is 3.03. The Hall–Kier alpha value is -4.60. The standard InChI is InChI=1S/C26H24F3N5O2/c1-17-15-22(36-2)11-12-23(17)31-14-13-24(35)34-21-7-3-18(4-8-21)25(30)33-16-32-20-9-5-19(6-10-20)26(27,28)29/h3-16,31H,1-2H3,(H,34,35)(H2,30,32,33)/b14-13+. The van der Waals surface area contributed by atoms with Crippen LogP contribution >= 0.6 is 0 Å². The summed E-state index contributed by atoms with van der Waals surface area (Å²) in [6.45, 7) is 1.92. The van der Waals surface area contributed by atoms with Crippen LogP contribution in [0.15, 0.2) is 84.0 Å². The average Bonchev–Trinajstić information content (AvgIpc) is 2.85. The lowest BCUT2D eigenvalue weighted by Crippen LogP contribution is -2.09. The summed E-state index contributed by atoms with van der Waals surface area (Å²) in [4.78, 5) is 16.1. The third-order valence-electron chi connectivity index (χ3n) is 4.97. The Morgan fingerprint density at radius 3 is 2.25 bits per heavy atom. The number of aliphatic imine (C=N–C) groups is 1. The van der Waals surface area contributed by atoms with Crippen molar-refractivity contribution in [1.82, 2.24) is 0 Å². The fourth-order valence-corrected chi connectivity index (χ4v) is 3.03. The van der Waals surface area contributed by atoms with Crippen LogP contribution in [0.3, 0.4) is 0 Å². The Morgan fingerprint density at radius 2 is 1.64 bits per heavy atom. The normalized spacial score (nSPS) is 11.5. The average molecular weight is 496 g/mol. The minimum Gasteiger partial charge on any atom is -0.497 e. The number of amides is 1. The lowest BCUT2D eigenvalue weighted by Gasteiger charge is -2.08. The van der Waals surface area contributed by atoms with Gasteiger partial charge in [0.05, 0.1) is 19.0 Å². The molecule has 1 amide bonds. The summed E-state index contributed by atoms with van der Waals surface area (Å²) < 4.78 is 43.0. The van der Waals surface area contributed by atoms with Crippen LogP contribution in [0.4, 0.5) is 30.2 Å². The van der Waals surface area contributed by atoms with E-state index >= 15 is 0 Å². The van der Waals surface area contributed by atoms with E-state index < -0.39 is 11.7 Å². The number of methoxy groups -OCH3 is 1. The Morgan fingerprint density at radius 1 is 0.972 bits per heavy atom. The van der Waals surface area contributed by atoms with Gasteiger partial charge in [-0.25, -0.2) is 4.99 Å². The summed E-state index contributed by atoms with van der Waals surface area (Å²) in [5.41, 5.74) is 2.50. The van der Waals surface area contributed by atoms with E-state index in [1.807, 2.05) is 25.1 Å². The molecule has 0 heterocycles. The molecule has 0 aliphatic carbocycles. The minimum absolute atomic E-state index is 0.0637. The molecule has 0 aliphatic rings. The number of aryl methyl sites for hydroxylation is 1. The minimum atomic E-state index is -4.40. The number of anilines is 3. The second-order valence-electron chi connectivity index (χ2n) is 7.55. The molecule has 0 saturated carbocycles. The smallest absolute Gasteiger partial charge is 0.416 e. The SMILES string of the molecule is COc1ccc(N/C=C/C(=O)Nc2ccc(C(=N)/N=C\Nc3ccc(C(F)(F)F)cc3)cc2)c(C)c1. The van der Waals surface area contributed by atoms with Crippen LogP contribution in [0.1, 0.15) is 16.7 Å². The van der Waals surface area contributed by atoms with Gasteiger partial charge in [0, 0.05) is 34.9 Å². The van der Waals surface area contributed by atoms with Crippen LogP contribution < -0.4 is 20.7 Å². The van der Waals surface area contributed by atoms with Crippen molar-refractivity contribution in [3.8, 4) is 5.75 Å². The van der Waals surface area contributed by atoms with E-state index in [0.29, 0.717) is 16.9 Å². The number of ether oxygens (including phenoxy) is 1. The lowest BCUT2D eigenvalue weighted by molar-refractivity contribution is -0.137. The first kappa shape index (κ1) is 26.0. The van der Waals surface area contributed by atoms with E-state index in [-0.39, 0.29) is 11.7 Å². The number of alkyl halides is 3. The fraction of sp³-hybridized carbons (Fsp3) is 0.115. The van der Waals surface area contributed by atoms with E-state index in [4.69, 9.17) is 10.1 Å². The van der Waals surface area contributed by atoms with Gasteiger partial charge in [0.2, 0.25) is 5.91 Å². The van der Waals surface area contributed by atoms with Crippen LogP contribution in [-0.2, 0) is 11.0 Å². The number of nitrogens with zero attached hydrogens (tertiary/aromatic N) is 1. The zero-order chi connectivity index (χ0) is 26.1. The number of halogens is 3. The molecule has 4 N–H and O–H groups in total. The van der Waals surface area contributed by atoms with Crippen molar-refractivity contribution in [2.45, 2.75) is 13.1 Å². The molecule has 3 aromatic rings. The predicted molar refractivity (Wildman–Crippen MR) is 136 cm³/mol. The molecule has 0 atom stereocenters. The monoisotopic (exact) mass is 495 g/mol. The van der Waals surface area contributed by atoms with Crippen LogP contribution in [-0.4, -0.2) is 25.2 Å². The van der Waals surface area contributed by atoms with Crippen LogP contribution in [0, 0.1) is 12.3 Å². The quantitative estimate of drug-likeness (QED) is 0.174. The van der Waals surface area contributed by atoms with Gasteiger partial charge < -0.3 is 20.7 Å². The summed E-state index contributed by atoms with van der Waals surface area (Å²) in [7, 11) is 1.60. The summed E-state index contributed by atoms with van der Waals surface area (Å²) in [6.07, 6.45) is -0.281. The molecular weight excluding hydrogens is 471 g/mol. The van der Waals surface area contributed by atoms with E-state index in [1.165, 1.54) is 30.7 Å². The third kappa shape index (κ3) is 7.45. The summed E-state index contributed by atoms with van der Waals surface area (Å²) in [5.74, 6) is 0.346. The molecule has 0 aliphatic heterocycles. The first-order valence-corrected chi connectivity index (χ1v) is 10.7. The molecular formula is C26H24F3N5O2. The Bertz CT molecular complexity index is 1270. The van der Waals surface area contributed by atoms with Gasteiger partial charge in [-0.1, -0.05) is 0 Å². The Balaban J connectivity index is 1.49. The molecule has 186 valence electrons.